The zero-order valence-electron chi connectivity index (χ0n) is 24.3. The van der Waals surface area contributed by atoms with Gasteiger partial charge in [-0.25, -0.2) is 0 Å². The SMILES string of the molecule is CC(=O)O[C@H]1[C@@H]2/C=C/C[C@H](C)C[C@@](C)(O)/C=C/[C@@H](OC(C)=O)[C@]23C(=O)N[C@@H](Cc2ccccc2)[C@@H]3[C@H](C)[C@]1(C)O. The van der Waals surface area contributed by atoms with Crippen LogP contribution in [0.5, 0.6) is 0 Å². The number of carbonyl (C=O) groups is 3. The first-order chi connectivity index (χ1) is 18.7. The van der Waals surface area contributed by atoms with Gasteiger partial charge in [0, 0.05) is 31.7 Å². The second-order valence-corrected chi connectivity index (χ2v) is 12.5. The quantitative estimate of drug-likeness (QED) is 0.385. The van der Waals surface area contributed by atoms with Crippen LogP contribution in [0, 0.1) is 29.1 Å². The third kappa shape index (κ3) is 5.48. The molecule has 3 N–H and O–H groups in total. The molecule has 1 saturated carbocycles. The van der Waals surface area contributed by atoms with Gasteiger partial charge in [-0.2, -0.15) is 0 Å². The van der Waals surface area contributed by atoms with E-state index in [-0.39, 0.29) is 11.8 Å². The fourth-order valence-corrected chi connectivity index (χ4v) is 7.51. The smallest absolute Gasteiger partial charge is 0.303 e. The Bertz CT molecular complexity index is 1170. The first-order valence-corrected chi connectivity index (χ1v) is 14.2. The summed E-state index contributed by atoms with van der Waals surface area (Å²) >= 11 is 0. The van der Waals surface area contributed by atoms with Gasteiger partial charge in [0.25, 0.3) is 0 Å². The van der Waals surface area contributed by atoms with Crippen LogP contribution in [0.1, 0.15) is 59.9 Å². The molecule has 8 nitrogen and oxygen atoms in total. The van der Waals surface area contributed by atoms with Crippen molar-refractivity contribution in [2.24, 2.45) is 29.1 Å². The Balaban J connectivity index is 2.00. The van der Waals surface area contributed by atoms with Crippen LogP contribution >= 0.6 is 0 Å². The molecule has 1 amide bonds. The van der Waals surface area contributed by atoms with Crippen molar-refractivity contribution in [1.29, 1.82) is 0 Å². The van der Waals surface area contributed by atoms with Crippen LogP contribution in [-0.2, 0) is 30.3 Å². The molecule has 1 saturated heterocycles. The minimum absolute atomic E-state index is 0.0892. The van der Waals surface area contributed by atoms with E-state index in [1.165, 1.54) is 13.8 Å². The van der Waals surface area contributed by atoms with Gasteiger partial charge in [0.05, 0.1) is 5.60 Å². The lowest BCUT2D eigenvalue weighted by molar-refractivity contribution is -0.228. The van der Waals surface area contributed by atoms with E-state index in [4.69, 9.17) is 9.47 Å². The highest BCUT2D eigenvalue weighted by atomic mass is 16.6. The van der Waals surface area contributed by atoms with Crippen molar-refractivity contribution in [3.05, 3.63) is 60.2 Å². The van der Waals surface area contributed by atoms with Crippen molar-refractivity contribution >= 4 is 17.8 Å². The number of hydrogen-bond acceptors (Lipinski definition) is 7. The molecule has 0 radical (unpaired) electrons. The van der Waals surface area contributed by atoms with Crippen LogP contribution in [-0.4, -0.2) is 57.5 Å². The summed E-state index contributed by atoms with van der Waals surface area (Å²) in [7, 11) is 0. The molecule has 4 rings (SSSR count). The monoisotopic (exact) mass is 553 g/mol. The second-order valence-electron chi connectivity index (χ2n) is 12.5. The maximum absolute atomic E-state index is 14.5. The summed E-state index contributed by atoms with van der Waals surface area (Å²) in [5.41, 5.74) is -3.13. The Kier molecular flexibility index (Phi) is 8.35. The molecule has 0 bridgehead atoms. The van der Waals surface area contributed by atoms with E-state index in [0.29, 0.717) is 19.3 Å². The molecular weight excluding hydrogens is 510 g/mol. The van der Waals surface area contributed by atoms with Gasteiger partial charge in [0.2, 0.25) is 5.91 Å². The van der Waals surface area contributed by atoms with Crippen LogP contribution in [0.3, 0.4) is 0 Å². The Morgan fingerprint density at radius 1 is 1.02 bits per heavy atom. The number of carbonyl (C=O) groups excluding carboxylic acids is 3. The van der Waals surface area contributed by atoms with Crippen molar-refractivity contribution in [1.82, 2.24) is 5.32 Å². The molecular formula is C32H43NO7. The van der Waals surface area contributed by atoms with Crippen LogP contribution in [0.25, 0.3) is 0 Å². The largest absolute Gasteiger partial charge is 0.459 e. The van der Waals surface area contributed by atoms with Crippen LogP contribution < -0.4 is 5.32 Å². The van der Waals surface area contributed by atoms with Crippen molar-refractivity contribution < 1.29 is 34.1 Å². The zero-order valence-corrected chi connectivity index (χ0v) is 24.3. The first-order valence-electron chi connectivity index (χ1n) is 14.2. The molecule has 10 atom stereocenters. The van der Waals surface area contributed by atoms with Crippen LogP contribution in [0.4, 0.5) is 0 Å². The van der Waals surface area contributed by atoms with Crippen LogP contribution in [0.15, 0.2) is 54.6 Å². The van der Waals surface area contributed by atoms with Crippen molar-refractivity contribution in [3.63, 3.8) is 0 Å². The van der Waals surface area contributed by atoms with E-state index in [0.717, 1.165) is 5.56 Å². The normalized spacial score (nSPS) is 42.8. The molecule has 40 heavy (non-hydrogen) atoms. The third-order valence-electron chi connectivity index (χ3n) is 9.24. The number of nitrogens with one attached hydrogen (secondary N) is 1. The van der Waals surface area contributed by atoms with Gasteiger partial charge in [-0.1, -0.05) is 62.4 Å². The van der Waals surface area contributed by atoms with E-state index < -0.39 is 64.6 Å². The maximum atomic E-state index is 14.5. The predicted molar refractivity (Wildman–Crippen MR) is 150 cm³/mol. The van der Waals surface area contributed by atoms with E-state index in [9.17, 15) is 24.6 Å². The summed E-state index contributed by atoms with van der Waals surface area (Å²) in [5.74, 6) is -3.30. The molecule has 0 aromatic heterocycles. The number of benzene rings is 1. The average Bonchev–Trinajstić information content (AvgIpc) is 3.12. The third-order valence-corrected chi connectivity index (χ3v) is 9.24. The summed E-state index contributed by atoms with van der Waals surface area (Å²) in [6.07, 6.45) is 6.38. The fourth-order valence-electron chi connectivity index (χ4n) is 7.51. The Morgan fingerprint density at radius 2 is 1.68 bits per heavy atom. The average molecular weight is 554 g/mol. The van der Waals surface area contributed by atoms with E-state index in [2.05, 4.69) is 5.32 Å². The lowest BCUT2D eigenvalue weighted by atomic mass is 9.48. The Hall–Kier alpha value is -2.97. The lowest BCUT2D eigenvalue weighted by Crippen LogP contribution is -2.69. The van der Waals surface area contributed by atoms with Gasteiger partial charge < -0.3 is 25.0 Å². The number of rotatable bonds is 4. The molecule has 2 fully saturated rings. The lowest BCUT2D eigenvalue weighted by Gasteiger charge is -2.57. The highest BCUT2D eigenvalue weighted by Crippen LogP contribution is 2.60. The number of allylic oxidation sites excluding steroid dienone is 1. The zero-order chi connectivity index (χ0) is 29.5. The highest BCUT2D eigenvalue weighted by Gasteiger charge is 2.73. The molecule has 1 aromatic rings. The fraction of sp³-hybridized carbons (Fsp3) is 0.594. The Morgan fingerprint density at radius 3 is 2.30 bits per heavy atom. The standard InChI is InChI=1S/C32H43NO7/c1-19-11-10-14-24-28(40-22(4)35)31(6,38)20(2)27-25(17-23-12-8-7-9-13-23)33-29(36)32(24,27)26(39-21(3)34)15-16-30(5,37)18-19/h7-10,12-16,19-20,24-28,37-38H,11,17-18H2,1-6H3,(H,33,36)/b14-10+,16-15+/t19-,20-,24-,25-,26+,27-,28-,30-,31-,32+/m0/s1. The number of esters is 2. The van der Waals surface area contributed by atoms with Gasteiger partial charge in [-0.05, 0) is 56.6 Å². The first kappa shape index (κ1) is 30.0. The summed E-state index contributed by atoms with van der Waals surface area (Å²) < 4.78 is 11.8. The van der Waals surface area contributed by atoms with Crippen molar-refractivity contribution in [3.8, 4) is 0 Å². The number of hydrogen-bond donors (Lipinski definition) is 3. The van der Waals surface area contributed by atoms with Crippen molar-refractivity contribution in [2.75, 3.05) is 0 Å². The summed E-state index contributed by atoms with van der Waals surface area (Å²) in [4.78, 5) is 39.4. The number of aliphatic hydroxyl groups is 2. The molecule has 8 heteroatoms. The van der Waals surface area contributed by atoms with Gasteiger partial charge in [-0.3, -0.25) is 14.4 Å². The van der Waals surface area contributed by atoms with Gasteiger partial charge in [-0.15, -0.1) is 0 Å². The summed E-state index contributed by atoms with van der Waals surface area (Å²) in [6.45, 7) is 9.80. The van der Waals surface area contributed by atoms with E-state index in [1.54, 1.807) is 26.0 Å². The molecule has 1 aromatic carbocycles. The highest BCUT2D eigenvalue weighted by molar-refractivity contribution is 5.89. The second kappa shape index (κ2) is 11.1. The van der Waals surface area contributed by atoms with Gasteiger partial charge in [0.1, 0.15) is 23.2 Å². The summed E-state index contributed by atoms with van der Waals surface area (Å²) in [6, 6.07) is 9.37. The molecule has 0 unspecified atom stereocenters. The predicted octanol–water partition coefficient (Wildman–Crippen LogP) is 3.50. The minimum atomic E-state index is -1.50. The van der Waals surface area contributed by atoms with Gasteiger partial charge >= 0.3 is 11.9 Å². The minimum Gasteiger partial charge on any atom is -0.459 e. The molecule has 218 valence electrons. The van der Waals surface area contributed by atoms with Crippen molar-refractivity contribution in [2.45, 2.75) is 90.3 Å². The van der Waals surface area contributed by atoms with E-state index in [1.807, 2.05) is 56.3 Å². The summed E-state index contributed by atoms with van der Waals surface area (Å²) in [5, 5.41) is 26.4. The molecule has 3 aliphatic rings. The Labute approximate surface area is 236 Å². The van der Waals surface area contributed by atoms with Gasteiger partial charge in [0.15, 0.2) is 0 Å². The number of amides is 1. The van der Waals surface area contributed by atoms with Crippen LogP contribution in [0.2, 0.25) is 0 Å². The topological polar surface area (TPSA) is 122 Å². The van der Waals surface area contributed by atoms with E-state index >= 15 is 0 Å². The molecule has 1 spiro atoms. The maximum Gasteiger partial charge on any atom is 0.303 e. The molecule has 2 aliphatic carbocycles. The number of ether oxygens (including phenoxy) is 2. The molecule has 1 aliphatic heterocycles. The molecule has 1 heterocycles.